The summed E-state index contributed by atoms with van der Waals surface area (Å²) in [6.07, 6.45) is 2.99. The first-order chi connectivity index (χ1) is 9.60. The molecule has 0 amide bonds. The van der Waals surface area contributed by atoms with Gasteiger partial charge in [0.05, 0.1) is 11.9 Å². The van der Waals surface area contributed by atoms with E-state index in [1.807, 2.05) is 38.1 Å². The Kier molecular flexibility index (Phi) is 3.84. The second-order valence-electron chi connectivity index (χ2n) is 6.10. The summed E-state index contributed by atoms with van der Waals surface area (Å²) in [5.74, 6) is 0.729. The van der Waals surface area contributed by atoms with Gasteiger partial charge in [0.2, 0.25) is 0 Å². The molecule has 0 radical (unpaired) electrons. The van der Waals surface area contributed by atoms with Crippen LogP contribution in [0.5, 0.6) is 0 Å². The largest absolute Gasteiger partial charge is 0.383 e. The molecule has 2 rings (SSSR count). The molecule has 0 fully saturated rings. The van der Waals surface area contributed by atoms with Crippen LogP contribution in [-0.2, 0) is 22.3 Å². The Balaban J connectivity index is 2.33. The molecule has 2 N–H and O–H groups in total. The highest BCUT2D eigenvalue weighted by Crippen LogP contribution is 2.29. The number of rotatable bonds is 4. The van der Waals surface area contributed by atoms with Crippen molar-refractivity contribution in [3.05, 3.63) is 36.0 Å². The van der Waals surface area contributed by atoms with E-state index >= 15 is 0 Å². The molecule has 0 saturated heterocycles. The minimum absolute atomic E-state index is 0.119. The fourth-order valence-electron chi connectivity index (χ4n) is 2.51. The van der Waals surface area contributed by atoms with Gasteiger partial charge in [0, 0.05) is 24.3 Å². The molecule has 2 aromatic rings. The van der Waals surface area contributed by atoms with E-state index in [0.717, 1.165) is 16.7 Å². The molecule has 21 heavy (non-hydrogen) atoms. The van der Waals surface area contributed by atoms with Crippen molar-refractivity contribution in [2.75, 3.05) is 17.7 Å². The third kappa shape index (κ3) is 3.44. The van der Waals surface area contributed by atoms with Gasteiger partial charge in [-0.05, 0) is 11.1 Å². The van der Waals surface area contributed by atoms with E-state index in [1.165, 1.54) is 6.26 Å². The van der Waals surface area contributed by atoms with Gasteiger partial charge in [-0.1, -0.05) is 38.1 Å². The fourth-order valence-corrected chi connectivity index (χ4v) is 3.99. The number of aryl methyl sites for hydroxylation is 1. The number of anilines is 1. The van der Waals surface area contributed by atoms with Gasteiger partial charge in [-0.2, -0.15) is 5.10 Å². The van der Waals surface area contributed by atoms with Crippen LogP contribution in [-0.4, -0.2) is 30.2 Å². The number of nitrogens with two attached hydrogens (primary N) is 1. The third-order valence-corrected chi connectivity index (χ3v) is 4.83. The van der Waals surface area contributed by atoms with E-state index in [4.69, 9.17) is 5.73 Å². The highest BCUT2D eigenvalue weighted by Gasteiger charge is 2.25. The first-order valence-corrected chi connectivity index (χ1v) is 8.72. The minimum atomic E-state index is -3.03. The number of nitrogens with zero attached hydrogens (tertiary/aromatic N) is 2. The Labute approximate surface area is 125 Å². The first-order valence-electron chi connectivity index (χ1n) is 6.66. The van der Waals surface area contributed by atoms with Crippen LogP contribution in [0.2, 0.25) is 0 Å². The quantitative estimate of drug-likeness (QED) is 0.937. The molecular weight excluding hydrogens is 286 g/mol. The van der Waals surface area contributed by atoms with Crippen LogP contribution in [0.3, 0.4) is 0 Å². The van der Waals surface area contributed by atoms with Crippen molar-refractivity contribution in [2.45, 2.75) is 19.3 Å². The fraction of sp³-hybridized carbons (Fsp3) is 0.400. The smallest absolute Gasteiger partial charge is 0.148 e. The van der Waals surface area contributed by atoms with Gasteiger partial charge in [-0.25, -0.2) is 8.42 Å². The lowest BCUT2D eigenvalue weighted by Crippen LogP contribution is -2.27. The van der Waals surface area contributed by atoms with Gasteiger partial charge in [0.25, 0.3) is 0 Å². The number of aromatic nitrogens is 2. The number of sulfone groups is 1. The van der Waals surface area contributed by atoms with Crippen molar-refractivity contribution in [3.63, 3.8) is 0 Å². The topological polar surface area (TPSA) is 78.0 Å². The summed E-state index contributed by atoms with van der Waals surface area (Å²) in [6.45, 7) is 3.86. The summed E-state index contributed by atoms with van der Waals surface area (Å²) in [7, 11) is -1.23. The molecule has 5 nitrogen and oxygen atoms in total. The Bertz CT molecular complexity index is 744. The van der Waals surface area contributed by atoms with E-state index in [0.29, 0.717) is 5.82 Å². The van der Waals surface area contributed by atoms with Crippen molar-refractivity contribution in [2.24, 2.45) is 7.05 Å². The molecule has 1 aromatic carbocycles. The molecular formula is C15H21N3O2S. The summed E-state index contributed by atoms with van der Waals surface area (Å²) in [5, 5.41) is 4.12. The zero-order chi connectivity index (χ0) is 15.8. The normalized spacial score (nSPS) is 12.6. The van der Waals surface area contributed by atoms with Crippen LogP contribution in [0.4, 0.5) is 5.82 Å². The average molecular weight is 307 g/mol. The van der Waals surface area contributed by atoms with Gasteiger partial charge in [-0.3, -0.25) is 4.68 Å². The second-order valence-corrected chi connectivity index (χ2v) is 8.24. The lowest BCUT2D eigenvalue weighted by molar-refractivity contribution is 0.552. The van der Waals surface area contributed by atoms with Crippen LogP contribution in [0.25, 0.3) is 11.1 Å². The molecule has 0 bridgehead atoms. The van der Waals surface area contributed by atoms with Crippen LogP contribution in [0, 0.1) is 0 Å². The van der Waals surface area contributed by atoms with Crippen molar-refractivity contribution < 1.29 is 8.42 Å². The Morgan fingerprint density at radius 3 is 2.24 bits per heavy atom. The maximum Gasteiger partial charge on any atom is 0.148 e. The van der Waals surface area contributed by atoms with Crippen LogP contribution in [0.1, 0.15) is 19.4 Å². The minimum Gasteiger partial charge on any atom is -0.383 e. The first kappa shape index (κ1) is 15.6. The molecule has 6 heteroatoms. The standard InChI is InChI=1S/C15H21N3O2S/c1-15(2,10-21(4,19)20)12-7-5-11(6-8-12)13-9-17-18(3)14(13)16/h5-9H,10,16H2,1-4H3. The predicted octanol–water partition coefficient (Wildman–Crippen LogP) is 1.99. The van der Waals surface area contributed by atoms with Gasteiger partial charge >= 0.3 is 0 Å². The van der Waals surface area contributed by atoms with E-state index in [1.54, 1.807) is 17.9 Å². The molecule has 1 heterocycles. The maximum absolute atomic E-state index is 11.5. The molecule has 0 aliphatic heterocycles. The second kappa shape index (κ2) is 5.18. The highest BCUT2D eigenvalue weighted by atomic mass is 32.2. The van der Waals surface area contributed by atoms with Gasteiger partial charge in [-0.15, -0.1) is 0 Å². The summed E-state index contributed by atoms with van der Waals surface area (Å²) < 4.78 is 24.7. The maximum atomic E-state index is 11.5. The average Bonchev–Trinajstić information content (AvgIpc) is 2.67. The van der Waals surface area contributed by atoms with E-state index in [9.17, 15) is 8.42 Å². The molecule has 0 atom stereocenters. The van der Waals surface area contributed by atoms with Crippen LogP contribution in [0.15, 0.2) is 30.5 Å². The summed E-state index contributed by atoms with van der Waals surface area (Å²) in [4.78, 5) is 0. The zero-order valence-electron chi connectivity index (χ0n) is 12.8. The predicted molar refractivity (Wildman–Crippen MR) is 85.8 cm³/mol. The molecule has 114 valence electrons. The van der Waals surface area contributed by atoms with Gasteiger partial charge in [0.15, 0.2) is 0 Å². The Morgan fingerprint density at radius 1 is 1.24 bits per heavy atom. The number of benzene rings is 1. The molecule has 0 saturated carbocycles. The van der Waals surface area contributed by atoms with E-state index in [-0.39, 0.29) is 5.75 Å². The van der Waals surface area contributed by atoms with E-state index in [2.05, 4.69) is 5.10 Å². The zero-order valence-corrected chi connectivity index (χ0v) is 13.6. The number of hydrogen-bond acceptors (Lipinski definition) is 4. The van der Waals surface area contributed by atoms with E-state index < -0.39 is 15.3 Å². The third-order valence-electron chi connectivity index (χ3n) is 3.59. The number of hydrogen-bond donors (Lipinski definition) is 1. The lowest BCUT2D eigenvalue weighted by atomic mass is 9.86. The Hall–Kier alpha value is -1.82. The summed E-state index contributed by atoms with van der Waals surface area (Å²) in [5.41, 5.74) is 8.38. The van der Waals surface area contributed by atoms with Crippen LogP contribution < -0.4 is 5.73 Å². The monoisotopic (exact) mass is 307 g/mol. The summed E-state index contributed by atoms with van der Waals surface area (Å²) >= 11 is 0. The summed E-state index contributed by atoms with van der Waals surface area (Å²) in [6, 6.07) is 7.80. The highest BCUT2D eigenvalue weighted by molar-refractivity contribution is 7.90. The van der Waals surface area contributed by atoms with Gasteiger partial charge in [0.1, 0.15) is 15.7 Å². The molecule has 0 aliphatic rings. The Morgan fingerprint density at radius 2 is 1.81 bits per heavy atom. The number of nitrogen functional groups attached to an aromatic ring is 1. The van der Waals surface area contributed by atoms with Crippen molar-refractivity contribution in [1.82, 2.24) is 9.78 Å². The van der Waals surface area contributed by atoms with Crippen LogP contribution >= 0.6 is 0 Å². The lowest BCUT2D eigenvalue weighted by Gasteiger charge is -2.24. The SMILES string of the molecule is Cn1ncc(-c2ccc(C(C)(C)CS(C)(=O)=O)cc2)c1N. The molecule has 0 unspecified atom stereocenters. The van der Waals surface area contributed by atoms with Crippen molar-refractivity contribution in [1.29, 1.82) is 0 Å². The van der Waals surface area contributed by atoms with Crippen molar-refractivity contribution >= 4 is 15.7 Å². The van der Waals surface area contributed by atoms with Crippen molar-refractivity contribution in [3.8, 4) is 11.1 Å². The molecule has 0 aliphatic carbocycles. The molecule has 1 aromatic heterocycles. The molecule has 0 spiro atoms. The van der Waals surface area contributed by atoms with Gasteiger partial charge < -0.3 is 5.73 Å².